The minimum atomic E-state index is 0. The van der Waals surface area contributed by atoms with E-state index in [1.807, 2.05) is 0 Å². The molecule has 1 amide bonds. The average Bonchev–Trinajstić information content (AvgIpc) is 3.05. The van der Waals surface area contributed by atoms with E-state index in [9.17, 15) is 4.79 Å². The summed E-state index contributed by atoms with van der Waals surface area (Å²) in [7, 11) is 0. The van der Waals surface area contributed by atoms with E-state index in [2.05, 4.69) is 22.1 Å². The lowest BCUT2D eigenvalue weighted by atomic mass is 9.87. The first kappa shape index (κ1) is 14.8. The number of aryl methyl sites for hydroxylation is 1. The van der Waals surface area contributed by atoms with Crippen LogP contribution >= 0.6 is 23.7 Å². The minimum absolute atomic E-state index is 0. The van der Waals surface area contributed by atoms with E-state index in [-0.39, 0.29) is 24.2 Å². The Hall–Kier alpha value is -0.580. The number of hydrogen-bond acceptors (Lipinski definition) is 3. The van der Waals surface area contributed by atoms with Crippen LogP contribution in [-0.2, 0) is 11.2 Å². The molecule has 1 aliphatic heterocycles. The molecule has 1 saturated heterocycles. The third-order valence-corrected chi connectivity index (χ3v) is 5.05. The van der Waals surface area contributed by atoms with Gasteiger partial charge in [0, 0.05) is 17.5 Å². The molecular formula is C14H21ClN2OS. The van der Waals surface area contributed by atoms with Crippen molar-refractivity contribution in [3.63, 3.8) is 0 Å². The highest BCUT2D eigenvalue weighted by molar-refractivity contribution is 7.10. The van der Waals surface area contributed by atoms with E-state index >= 15 is 0 Å². The van der Waals surface area contributed by atoms with Gasteiger partial charge in [-0.2, -0.15) is 0 Å². The second-order valence-electron chi connectivity index (χ2n) is 5.28. The van der Waals surface area contributed by atoms with Gasteiger partial charge >= 0.3 is 0 Å². The van der Waals surface area contributed by atoms with Gasteiger partial charge in [-0.3, -0.25) is 4.79 Å². The normalized spacial score (nSPS) is 25.5. The van der Waals surface area contributed by atoms with Crippen LogP contribution < -0.4 is 10.6 Å². The van der Waals surface area contributed by atoms with E-state index in [4.69, 9.17) is 0 Å². The predicted octanol–water partition coefficient (Wildman–Crippen LogP) is 2.46. The Morgan fingerprint density at radius 2 is 2.32 bits per heavy atom. The first-order valence-corrected chi connectivity index (χ1v) is 7.80. The molecule has 3 nitrogen and oxygen atoms in total. The topological polar surface area (TPSA) is 41.1 Å². The molecule has 1 aliphatic carbocycles. The third-order valence-electron chi connectivity index (χ3n) is 4.05. The Labute approximate surface area is 124 Å². The molecule has 2 heterocycles. The highest BCUT2D eigenvalue weighted by Crippen LogP contribution is 2.34. The summed E-state index contributed by atoms with van der Waals surface area (Å²) in [5.74, 6) is 0.324. The number of rotatable bonds is 3. The van der Waals surface area contributed by atoms with Crippen LogP contribution in [0.2, 0.25) is 0 Å². The first-order chi connectivity index (χ1) is 8.84. The molecule has 2 aliphatic rings. The fourth-order valence-corrected chi connectivity index (χ4v) is 4.02. The summed E-state index contributed by atoms with van der Waals surface area (Å²) in [5.41, 5.74) is 1.28. The maximum absolute atomic E-state index is 12.3. The van der Waals surface area contributed by atoms with Crippen LogP contribution in [0.3, 0.4) is 0 Å². The molecule has 1 aromatic heterocycles. The Kier molecular flexibility index (Phi) is 5.25. The quantitative estimate of drug-likeness (QED) is 0.900. The van der Waals surface area contributed by atoms with Crippen molar-refractivity contribution in [1.29, 1.82) is 0 Å². The number of carbonyl (C=O) groups excluding carboxylic acids is 1. The van der Waals surface area contributed by atoms with Crippen LogP contribution in [0.15, 0.2) is 11.4 Å². The second kappa shape index (κ2) is 6.73. The molecule has 2 unspecified atom stereocenters. The fraction of sp³-hybridized carbons (Fsp3) is 0.643. The minimum Gasteiger partial charge on any atom is -0.354 e. The van der Waals surface area contributed by atoms with E-state index in [0.717, 1.165) is 32.4 Å². The maximum Gasteiger partial charge on any atom is 0.227 e. The molecule has 2 atom stereocenters. The number of hydrogen-bond donors (Lipinski definition) is 2. The van der Waals surface area contributed by atoms with E-state index in [1.165, 1.54) is 23.3 Å². The number of carbonyl (C=O) groups is 1. The largest absolute Gasteiger partial charge is 0.354 e. The SMILES string of the molecule is Cl.O=C(NCC1CCCN1)C1CCCc2sccc21. The van der Waals surface area contributed by atoms with Crippen LogP contribution in [0.5, 0.6) is 0 Å². The molecule has 0 aromatic carbocycles. The van der Waals surface area contributed by atoms with Gasteiger partial charge < -0.3 is 10.6 Å². The molecular weight excluding hydrogens is 280 g/mol. The first-order valence-electron chi connectivity index (χ1n) is 6.92. The number of halogens is 1. The predicted molar refractivity (Wildman–Crippen MR) is 81.3 cm³/mol. The molecule has 3 rings (SSSR count). The molecule has 1 aromatic rings. The zero-order valence-corrected chi connectivity index (χ0v) is 12.6. The van der Waals surface area contributed by atoms with Crippen molar-refractivity contribution in [1.82, 2.24) is 10.6 Å². The molecule has 2 N–H and O–H groups in total. The molecule has 1 fully saturated rings. The van der Waals surface area contributed by atoms with Gasteiger partial charge in [0.2, 0.25) is 5.91 Å². The van der Waals surface area contributed by atoms with Crippen molar-refractivity contribution >= 4 is 29.7 Å². The van der Waals surface area contributed by atoms with Crippen molar-refractivity contribution in [3.8, 4) is 0 Å². The molecule has 0 saturated carbocycles. The van der Waals surface area contributed by atoms with E-state index in [1.54, 1.807) is 11.3 Å². The fourth-order valence-electron chi connectivity index (χ4n) is 3.04. The van der Waals surface area contributed by atoms with Crippen molar-refractivity contribution in [2.24, 2.45) is 0 Å². The van der Waals surface area contributed by atoms with Crippen molar-refractivity contribution in [2.75, 3.05) is 13.1 Å². The monoisotopic (exact) mass is 300 g/mol. The Bertz CT molecular complexity index is 429. The van der Waals surface area contributed by atoms with Crippen LogP contribution in [0.1, 0.15) is 42.0 Å². The lowest BCUT2D eigenvalue weighted by molar-refractivity contribution is -0.122. The summed E-state index contributed by atoms with van der Waals surface area (Å²) in [6.07, 6.45) is 5.73. The summed E-state index contributed by atoms with van der Waals surface area (Å²) in [6.45, 7) is 1.88. The standard InChI is InChI=1S/C14H20N2OS.ClH/c17-14(16-9-10-3-2-7-15-10)12-4-1-5-13-11(12)6-8-18-13;/h6,8,10,12,15H,1-5,7,9H2,(H,16,17);1H. The Morgan fingerprint density at radius 1 is 1.42 bits per heavy atom. The maximum atomic E-state index is 12.3. The molecule has 106 valence electrons. The van der Waals surface area contributed by atoms with Gasteiger partial charge in [0.05, 0.1) is 5.92 Å². The lowest BCUT2D eigenvalue weighted by Gasteiger charge is -2.22. The zero-order chi connectivity index (χ0) is 12.4. The summed E-state index contributed by atoms with van der Waals surface area (Å²) in [5, 5.41) is 8.66. The van der Waals surface area contributed by atoms with Crippen molar-refractivity contribution in [3.05, 3.63) is 21.9 Å². The van der Waals surface area contributed by atoms with Crippen LogP contribution in [-0.4, -0.2) is 25.0 Å². The van der Waals surface area contributed by atoms with Gasteiger partial charge in [0.1, 0.15) is 0 Å². The highest BCUT2D eigenvalue weighted by Gasteiger charge is 2.27. The average molecular weight is 301 g/mol. The number of amides is 1. The van der Waals surface area contributed by atoms with Gasteiger partial charge in [-0.25, -0.2) is 0 Å². The third kappa shape index (κ3) is 3.30. The van der Waals surface area contributed by atoms with Crippen LogP contribution in [0.4, 0.5) is 0 Å². The summed E-state index contributed by atoms with van der Waals surface area (Å²) in [6, 6.07) is 2.62. The molecule has 0 radical (unpaired) electrons. The smallest absolute Gasteiger partial charge is 0.227 e. The van der Waals surface area contributed by atoms with Crippen LogP contribution in [0, 0.1) is 0 Å². The molecule has 19 heavy (non-hydrogen) atoms. The number of nitrogens with one attached hydrogen (secondary N) is 2. The van der Waals surface area contributed by atoms with Gasteiger partial charge in [-0.05, 0) is 55.7 Å². The van der Waals surface area contributed by atoms with Gasteiger partial charge in [0.25, 0.3) is 0 Å². The van der Waals surface area contributed by atoms with Gasteiger partial charge in [0.15, 0.2) is 0 Å². The number of thiophene rings is 1. The lowest BCUT2D eigenvalue weighted by Crippen LogP contribution is -2.39. The van der Waals surface area contributed by atoms with Crippen molar-refractivity contribution in [2.45, 2.75) is 44.1 Å². The summed E-state index contributed by atoms with van der Waals surface area (Å²) in [4.78, 5) is 13.7. The number of fused-ring (bicyclic) bond motifs is 1. The van der Waals surface area contributed by atoms with Gasteiger partial charge in [-0.1, -0.05) is 0 Å². The molecule has 0 spiro atoms. The van der Waals surface area contributed by atoms with Crippen molar-refractivity contribution < 1.29 is 4.79 Å². The highest BCUT2D eigenvalue weighted by atomic mass is 35.5. The molecule has 5 heteroatoms. The van der Waals surface area contributed by atoms with E-state index < -0.39 is 0 Å². The molecule has 0 bridgehead atoms. The summed E-state index contributed by atoms with van der Waals surface area (Å²) < 4.78 is 0. The summed E-state index contributed by atoms with van der Waals surface area (Å²) >= 11 is 1.80. The van der Waals surface area contributed by atoms with E-state index in [0.29, 0.717) is 6.04 Å². The Morgan fingerprint density at radius 3 is 3.11 bits per heavy atom. The zero-order valence-electron chi connectivity index (χ0n) is 11.0. The Balaban J connectivity index is 0.00000133. The van der Waals surface area contributed by atoms with Crippen LogP contribution in [0.25, 0.3) is 0 Å². The second-order valence-corrected chi connectivity index (χ2v) is 6.28. The van der Waals surface area contributed by atoms with Gasteiger partial charge in [-0.15, -0.1) is 23.7 Å².